The Hall–Kier alpha value is -0.690. The van der Waals surface area contributed by atoms with Crippen LogP contribution >= 0.6 is 0 Å². The summed E-state index contributed by atoms with van der Waals surface area (Å²) in [5.74, 6) is 0.174. The second-order valence-electron chi connectivity index (χ2n) is 5.96. The van der Waals surface area contributed by atoms with Gasteiger partial charge in [0.2, 0.25) is 5.91 Å². The van der Waals surface area contributed by atoms with Crippen LogP contribution < -0.4 is 0 Å². The zero-order chi connectivity index (χ0) is 16.9. The van der Waals surface area contributed by atoms with Gasteiger partial charge < -0.3 is 35.1 Å². The van der Waals surface area contributed by atoms with E-state index in [9.17, 15) is 4.79 Å². The molecular weight excluding hydrogens is 533 g/mol. The van der Waals surface area contributed by atoms with E-state index in [-0.39, 0.29) is 33.0 Å². The van der Waals surface area contributed by atoms with Crippen molar-refractivity contribution in [2.75, 3.05) is 26.2 Å². The van der Waals surface area contributed by atoms with Crippen molar-refractivity contribution in [1.82, 2.24) is 9.80 Å². The molecule has 0 aliphatic carbocycles. The number of benzene rings is 2. The minimum atomic E-state index is -0.271. The molecule has 0 N–H and O–H groups in total. The molecule has 1 fully saturated rings. The van der Waals surface area contributed by atoms with Crippen molar-refractivity contribution in [3.8, 4) is 11.1 Å². The summed E-state index contributed by atoms with van der Waals surface area (Å²) in [4.78, 5) is 16.4. The SMILES string of the molecule is O=C(Cc1ccc(-c2ccccc2)cc1)N1CCN(C([S-])[S-])CC1.[Au]. The molecule has 6 heteroatoms. The summed E-state index contributed by atoms with van der Waals surface area (Å²) >= 11 is 10.2. The number of hydrogen-bond acceptors (Lipinski definition) is 4. The van der Waals surface area contributed by atoms with Crippen LogP contribution in [0.25, 0.3) is 11.1 Å². The Morgan fingerprint density at radius 3 is 2.00 bits per heavy atom. The fourth-order valence-electron chi connectivity index (χ4n) is 2.91. The first-order valence-corrected chi connectivity index (χ1v) is 9.05. The van der Waals surface area contributed by atoms with E-state index in [4.69, 9.17) is 25.3 Å². The third-order valence-electron chi connectivity index (χ3n) is 4.38. The standard InChI is InChI=1S/C19H22N2OS2.Au/c22-18(20-10-12-21(13-11-20)19(23)24)14-15-6-8-17(9-7-15)16-4-2-1-3-5-16;/h1-9,19,23-24H,10-14H2;/p-2. The second kappa shape index (κ2) is 9.86. The molecule has 0 bridgehead atoms. The Bertz CT molecular complexity index is 672. The predicted molar refractivity (Wildman–Crippen MR) is 102 cm³/mol. The van der Waals surface area contributed by atoms with Crippen LogP contribution in [0.2, 0.25) is 0 Å². The monoisotopic (exact) mass is 553 g/mol. The molecule has 0 spiro atoms. The van der Waals surface area contributed by atoms with Crippen molar-refractivity contribution < 1.29 is 27.2 Å². The summed E-state index contributed by atoms with van der Waals surface area (Å²) in [7, 11) is 0. The first-order chi connectivity index (χ1) is 11.6. The van der Waals surface area contributed by atoms with Crippen LogP contribution in [0.1, 0.15) is 5.56 Å². The summed E-state index contributed by atoms with van der Waals surface area (Å²) in [6, 6.07) is 18.5. The molecule has 0 atom stereocenters. The van der Waals surface area contributed by atoms with E-state index in [1.165, 1.54) is 11.1 Å². The first-order valence-electron chi connectivity index (χ1n) is 8.11. The fourth-order valence-corrected chi connectivity index (χ4v) is 3.34. The van der Waals surface area contributed by atoms with Gasteiger partial charge in [-0.25, -0.2) is 4.71 Å². The maximum Gasteiger partial charge on any atom is 0.227 e. The fraction of sp³-hybridized carbons (Fsp3) is 0.316. The Morgan fingerprint density at radius 2 is 1.44 bits per heavy atom. The van der Waals surface area contributed by atoms with Crippen molar-refractivity contribution in [1.29, 1.82) is 0 Å². The van der Waals surface area contributed by atoms with E-state index in [1.807, 2.05) is 35.2 Å². The van der Waals surface area contributed by atoms with Gasteiger partial charge >= 0.3 is 0 Å². The molecule has 137 valence electrons. The van der Waals surface area contributed by atoms with Gasteiger partial charge in [-0.3, -0.25) is 4.79 Å². The number of amides is 1. The smallest absolute Gasteiger partial charge is 0.227 e. The zero-order valence-electron chi connectivity index (χ0n) is 13.7. The summed E-state index contributed by atoms with van der Waals surface area (Å²) in [6.45, 7) is 2.97. The van der Waals surface area contributed by atoms with Gasteiger partial charge in [0.1, 0.15) is 0 Å². The van der Waals surface area contributed by atoms with Crippen LogP contribution in [0.4, 0.5) is 0 Å². The van der Waals surface area contributed by atoms with E-state index in [1.54, 1.807) is 0 Å². The molecule has 0 saturated carbocycles. The maximum absolute atomic E-state index is 12.5. The molecule has 1 heterocycles. The van der Waals surface area contributed by atoms with Crippen molar-refractivity contribution in [3.05, 3.63) is 60.2 Å². The number of carbonyl (C=O) groups is 1. The third kappa shape index (κ3) is 5.64. The number of rotatable bonds is 4. The number of hydrogen-bond donors (Lipinski definition) is 0. The molecule has 3 rings (SSSR count). The average Bonchev–Trinajstić information content (AvgIpc) is 2.63. The third-order valence-corrected chi connectivity index (χ3v) is 4.98. The van der Waals surface area contributed by atoms with Crippen molar-refractivity contribution in [3.63, 3.8) is 0 Å². The number of piperazine rings is 1. The minimum Gasteiger partial charge on any atom is -0.800 e. The maximum atomic E-state index is 12.5. The second-order valence-corrected chi connectivity index (χ2v) is 7.15. The molecule has 2 aromatic carbocycles. The molecule has 0 aromatic heterocycles. The molecule has 2 aromatic rings. The van der Waals surface area contributed by atoms with E-state index in [2.05, 4.69) is 29.2 Å². The van der Waals surface area contributed by atoms with E-state index < -0.39 is 0 Å². The molecule has 1 aliphatic heterocycles. The summed E-state index contributed by atoms with van der Waals surface area (Å²) in [5.41, 5.74) is 3.41. The summed E-state index contributed by atoms with van der Waals surface area (Å²) < 4.78 is -0.271. The molecule has 25 heavy (non-hydrogen) atoms. The van der Waals surface area contributed by atoms with Crippen LogP contribution in [0.15, 0.2) is 54.6 Å². The normalized spacial score (nSPS) is 15.1. The van der Waals surface area contributed by atoms with Gasteiger partial charge in [-0.05, 0) is 16.7 Å². The van der Waals surface area contributed by atoms with Gasteiger partial charge in [0, 0.05) is 48.6 Å². The molecule has 1 saturated heterocycles. The van der Waals surface area contributed by atoms with Crippen LogP contribution in [-0.4, -0.2) is 46.6 Å². The predicted octanol–water partition coefficient (Wildman–Crippen LogP) is 2.42. The molecule has 1 amide bonds. The van der Waals surface area contributed by atoms with E-state index in [0.717, 1.165) is 18.7 Å². The topological polar surface area (TPSA) is 23.6 Å². The van der Waals surface area contributed by atoms with E-state index >= 15 is 0 Å². The minimum absolute atomic E-state index is 0. The summed E-state index contributed by atoms with van der Waals surface area (Å²) in [5, 5.41) is 0. The van der Waals surface area contributed by atoms with Crippen molar-refractivity contribution >= 4 is 31.2 Å². The zero-order valence-corrected chi connectivity index (χ0v) is 17.5. The molecule has 0 unspecified atom stereocenters. The average molecular weight is 553 g/mol. The molecule has 1 radical (unpaired) electrons. The van der Waals surface area contributed by atoms with Gasteiger partial charge in [-0.1, -0.05) is 54.6 Å². The Kier molecular flexibility index (Phi) is 8.13. The van der Waals surface area contributed by atoms with Crippen LogP contribution in [-0.2, 0) is 58.9 Å². The van der Waals surface area contributed by atoms with Gasteiger partial charge in [-0.15, -0.1) is 0 Å². The Labute approximate surface area is 176 Å². The number of carbonyl (C=O) groups excluding carboxylic acids is 1. The Balaban J connectivity index is 0.00000225. The van der Waals surface area contributed by atoms with Gasteiger partial charge in [-0.2, -0.15) is 0 Å². The first kappa shape index (κ1) is 20.6. The quantitative estimate of drug-likeness (QED) is 0.429. The van der Waals surface area contributed by atoms with Crippen LogP contribution in [0.3, 0.4) is 0 Å². The molecular formula is C19H20AuN2OS2-2. The Morgan fingerprint density at radius 1 is 0.880 bits per heavy atom. The van der Waals surface area contributed by atoms with Crippen LogP contribution in [0, 0.1) is 0 Å². The van der Waals surface area contributed by atoms with Gasteiger partial charge in [0.15, 0.2) is 0 Å². The largest absolute Gasteiger partial charge is 0.800 e. The van der Waals surface area contributed by atoms with Gasteiger partial charge in [0.05, 0.1) is 6.42 Å². The van der Waals surface area contributed by atoms with Crippen molar-refractivity contribution in [2.24, 2.45) is 0 Å². The van der Waals surface area contributed by atoms with Gasteiger partial charge in [0.25, 0.3) is 0 Å². The summed E-state index contributed by atoms with van der Waals surface area (Å²) in [6.07, 6.45) is 0.445. The van der Waals surface area contributed by atoms with Crippen LogP contribution in [0.5, 0.6) is 0 Å². The molecule has 3 nitrogen and oxygen atoms in total. The van der Waals surface area contributed by atoms with Crippen molar-refractivity contribution in [2.45, 2.75) is 11.1 Å². The van der Waals surface area contributed by atoms with E-state index in [0.29, 0.717) is 19.5 Å². The number of nitrogens with zero attached hydrogens (tertiary/aromatic N) is 2. The molecule has 1 aliphatic rings.